The van der Waals surface area contributed by atoms with E-state index < -0.39 is 0 Å². The third kappa shape index (κ3) is 3.83. The molecule has 1 aliphatic rings. The zero-order valence-electron chi connectivity index (χ0n) is 15.3. The van der Waals surface area contributed by atoms with Crippen LogP contribution in [-0.2, 0) is 0 Å². The van der Waals surface area contributed by atoms with Crippen molar-refractivity contribution >= 4 is 16.8 Å². The van der Waals surface area contributed by atoms with E-state index in [1.54, 1.807) is 0 Å². The Balaban J connectivity index is 1.64. The number of para-hydroxylation sites is 1. The Kier molecular flexibility index (Phi) is 4.85. The molecule has 2 aromatic carbocycles. The summed E-state index contributed by atoms with van der Waals surface area (Å²) in [6.07, 6.45) is 3.07. The van der Waals surface area contributed by atoms with Gasteiger partial charge in [0.1, 0.15) is 0 Å². The number of aromatic nitrogens is 1. The SMILES string of the molecule is C[NH+]1CC=C(NNC(=O)c2cc(-c3ccccc3)nc3ccccc23)CC1. The monoisotopic (exact) mass is 359 g/mol. The average Bonchev–Trinajstić information content (AvgIpc) is 2.73. The van der Waals surface area contributed by atoms with Gasteiger partial charge in [0.05, 0.1) is 36.9 Å². The van der Waals surface area contributed by atoms with Gasteiger partial charge >= 0.3 is 0 Å². The van der Waals surface area contributed by atoms with Gasteiger partial charge in [-0.2, -0.15) is 0 Å². The van der Waals surface area contributed by atoms with Crippen molar-refractivity contribution in [3.63, 3.8) is 0 Å². The molecule has 1 aromatic heterocycles. The van der Waals surface area contributed by atoms with E-state index in [0.29, 0.717) is 5.56 Å². The summed E-state index contributed by atoms with van der Waals surface area (Å²) < 4.78 is 0. The van der Waals surface area contributed by atoms with Crippen molar-refractivity contribution in [1.82, 2.24) is 15.8 Å². The van der Waals surface area contributed by atoms with Crippen LogP contribution in [0.15, 0.2) is 72.4 Å². The van der Waals surface area contributed by atoms with Crippen LogP contribution in [0, 0.1) is 0 Å². The summed E-state index contributed by atoms with van der Waals surface area (Å²) in [5.74, 6) is -0.155. The van der Waals surface area contributed by atoms with Crippen LogP contribution in [0.4, 0.5) is 0 Å². The molecule has 1 unspecified atom stereocenters. The van der Waals surface area contributed by atoms with Crippen LogP contribution in [0.5, 0.6) is 0 Å². The molecule has 0 saturated carbocycles. The van der Waals surface area contributed by atoms with Crippen LogP contribution in [0.25, 0.3) is 22.2 Å². The highest BCUT2D eigenvalue weighted by Crippen LogP contribution is 2.24. The highest BCUT2D eigenvalue weighted by atomic mass is 16.2. The van der Waals surface area contributed by atoms with Crippen molar-refractivity contribution in [3.05, 3.63) is 78.0 Å². The lowest BCUT2D eigenvalue weighted by molar-refractivity contribution is -0.875. The van der Waals surface area contributed by atoms with E-state index >= 15 is 0 Å². The Morgan fingerprint density at radius 1 is 1.07 bits per heavy atom. The molecule has 3 N–H and O–H groups in total. The number of nitrogens with one attached hydrogen (secondary N) is 3. The van der Waals surface area contributed by atoms with Crippen LogP contribution >= 0.6 is 0 Å². The van der Waals surface area contributed by atoms with E-state index in [2.05, 4.69) is 24.0 Å². The number of hydrogen-bond acceptors (Lipinski definition) is 3. The Morgan fingerprint density at radius 2 is 1.85 bits per heavy atom. The number of fused-ring (bicyclic) bond motifs is 1. The largest absolute Gasteiger partial charge is 0.334 e. The second-order valence-electron chi connectivity index (χ2n) is 6.91. The van der Waals surface area contributed by atoms with Crippen molar-refractivity contribution in [2.24, 2.45) is 0 Å². The van der Waals surface area contributed by atoms with Gasteiger partial charge in [0.25, 0.3) is 5.91 Å². The van der Waals surface area contributed by atoms with Crippen molar-refractivity contribution in [1.29, 1.82) is 0 Å². The number of benzene rings is 2. The van der Waals surface area contributed by atoms with Crippen molar-refractivity contribution in [3.8, 4) is 11.3 Å². The number of carbonyl (C=O) groups is 1. The maximum atomic E-state index is 12.9. The van der Waals surface area contributed by atoms with Gasteiger partial charge in [0, 0.05) is 23.1 Å². The highest BCUT2D eigenvalue weighted by Gasteiger charge is 2.15. The van der Waals surface area contributed by atoms with Crippen LogP contribution in [-0.4, -0.2) is 31.0 Å². The van der Waals surface area contributed by atoms with Gasteiger partial charge in [0.2, 0.25) is 0 Å². The number of amides is 1. The van der Waals surface area contributed by atoms with Crippen LogP contribution in [0.3, 0.4) is 0 Å². The molecular weight excluding hydrogens is 336 g/mol. The summed E-state index contributed by atoms with van der Waals surface area (Å²) in [6, 6.07) is 19.5. The molecule has 0 aliphatic carbocycles. The standard InChI is InChI=1S/C22H22N4O/c1-26-13-11-17(12-14-26)24-25-22(27)19-15-21(16-7-3-2-4-8-16)23-20-10-6-5-9-18(19)20/h2-11,15,24H,12-14H2,1H3,(H,25,27)/p+1. The third-order valence-electron chi connectivity index (χ3n) is 4.88. The number of pyridine rings is 1. The Labute approximate surface area is 158 Å². The van der Waals surface area contributed by atoms with Crippen LogP contribution in [0.2, 0.25) is 0 Å². The molecule has 0 bridgehead atoms. The molecule has 1 atom stereocenters. The predicted octanol–water partition coefficient (Wildman–Crippen LogP) is 1.94. The summed E-state index contributed by atoms with van der Waals surface area (Å²) in [5, 5.41) is 0.846. The van der Waals surface area contributed by atoms with E-state index in [1.165, 1.54) is 4.90 Å². The van der Waals surface area contributed by atoms with Gasteiger partial charge in [-0.15, -0.1) is 0 Å². The van der Waals surface area contributed by atoms with Crippen molar-refractivity contribution in [2.45, 2.75) is 6.42 Å². The fourth-order valence-corrected chi connectivity index (χ4v) is 3.29. The zero-order chi connectivity index (χ0) is 18.6. The molecule has 1 aliphatic heterocycles. The summed E-state index contributed by atoms with van der Waals surface area (Å²) >= 11 is 0. The lowest BCUT2D eigenvalue weighted by Crippen LogP contribution is -3.09. The van der Waals surface area contributed by atoms with Crippen LogP contribution in [0.1, 0.15) is 16.8 Å². The van der Waals surface area contributed by atoms with Crippen LogP contribution < -0.4 is 15.8 Å². The van der Waals surface area contributed by atoms with E-state index in [4.69, 9.17) is 4.98 Å². The normalized spacial score (nSPS) is 16.6. The first-order valence-electron chi connectivity index (χ1n) is 9.22. The molecule has 0 radical (unpaired) electrons. The number of nitrogens with zero attached hydrogens (tertiary/aromatic N) is 1. The van der Waals surface area contributed by atoms with E-state index in [1.807, 2.05) is 60.7 Å². The number of quaternary nitrogens is 1. The maximum absolute atomic E-state index is 12.9. The third-order valence-corrected chi connectivity index (χ3v) is 4.88. The maximum Gasteiger partial charge on any atom is 0.270 e. The quantitative estimate of drug-likeness (QED) is 0.624. The average molecular weight is 359 g/mol. The fraction of sp³-hybridized carbons (Fsp3) is 0.182. The van der Waals surface area contributed by atoms with Crippen molar-refractivity contribution in [2.75, 3.05) is 20.1 Å². The predicted molar refractivity (Wildman–Crippen MR) is 107 cm³/mol. The molecular formula is C22H23N4O+. The number of rotatable bonds is 4. The van der Waals surface area contributed by atoms with E-state index in [9.17, 15) is 4.79 Å². The number of carbonyl (C=O) groups excluding carboxylic acids is 1. The minimum absolute atomic E-state index is 0.155. The second kappa shape index (κ2) is 7.60. The van der Waals surface area contributed by atoms with Gasteiger partial charge in [0.15, 0.2) is 0 Å². The first kappa shape index (κ1) is 17.2. The number of hydrazine groups is 1. The molecule has 0 spiro atoms. The fourth-order valence-electron chi connectivity index (χ4n) is 3.29. The van der Waals surface area contributed by atoms with Crippen molar-refractivity contribution < 1.29 is 9.69 Å². The molecule has 3 aromatic rings. The molecule has 27 heavy (non-hydrogen) atoms. The number of hydrogen-bond donors (Lipinski definition) is 3. The lowest BCUT2D eigenvalue weighted by Gasteiger charge is -2.20. The summed E-state index contributed by atoms with van der Waals surface area (Å²) in [4.78, 5) is 19.1. The van der Waals surface area contributed by atoms with Gasteiger partial charge in [-0.3, -0.25) is 10.2 Å². The molecule has 5 heteroatoms. The first-order chi connectivity index (χ1) is 13.2. The molecule has 136 valence electrons. The molecule has 2 heterocycles. The molecule has 0 fully saturated rings. The summed E-state index contributed by atoms with van der Waals surface area (Å²) in [5.41, 5.74) is 10.2. The molecule has 5 nitrogen and oxygen atoms in total. The highest BCUT2D eigenvalue weighted by molar-refractivity contribution is 6.07. The molecule has 4 rings (SSSR count). The lowest BCUT2D eigenvalue weighted by atomic mass is 10.0. The van der Waals surface area contributed by atoms with Gasteiger partial charge in [-0.1, -0.05) is 48.5 Å². The van der Waals surface area contributed by atoms with Gasteiger partial charge < -0.3 is 10.3 Å². The summed E-state index contributed by atoms with van der Waals surface area (Å²) in [6.45, 7) is 2.03. The minimum Gasteiger partial charge on any atom is -0.334 e. The van der Waals surface area contributed by atoms with Gasteiger partial charge in [-0.25, -0.2) is 4.98 Å². The topological polar surface area (TPSA) is 58.5 Å². The Bertz CT molecular complexity index is 998. The molecule has 1 amide bonds. The van der Waals surface area contributed by atoms with E-state index in [0.717, 1.165) is 47.4 Å². The zero-order valence-corrected chi connectivity index (χ0v) is 15.3. The minimum atomic E-state index is -0.155. The van der Waals surface area contributed by atoms with Gasteiger partial charge in [-0.05, 0) is 18.2 Å². The first-order valence-corrected chi connectivity index (χ1v) is 9.22. The smallest absolute Gasteiger partial charge is 0.270 e. The molecule has 0 saturated heterocycles. The Morgan fingerprint density at radius 3 is 2.63 bits per heavy atom. The Hall–Kier alpha value is -3.18. The number of likely N-dealkylation sites (N-methyl/N-ethyl adjacent to an activating group) is 1. The second-order valence-corrected chi connectivity index (χ2v) is 6.91. The summed E-state index contributed by atoms with van der Waals surface area (Å²) in [7, 11) is 2.17. The van der Waals surface area contributed by atoms with E-state index in [-0.39, 0.29) is 5.91 Å².